The van der Waals surface area contributed by atoms with Gasteiger partial charge in [-0.1, -0.05) is 0 Å². The average molecular weight is 341 g/mol. The lowest BCUT2D eigenvalue weighted by Gasteiger charge is -2.07. The Labute approximate surface area is 145 Å². The van der Waals surface area contributed by atoms with Crippen LogP contribution in [0.4, 0.5) is 5.69 Å². The van der Waals surface area contributed by atoms with Crippen LogP contribution in [0.2, 0.25) is 0 Å². The molecule has 0 aliphatic heterocycles. The van der Waals surface area contributed by atoms with Crippen LogP contribution >= 0.6 is 0 Å². The number of carbonyl (C=O) groups excluding carboxylic acids is 2. The molecule has 0 radical (unpaired) electrons. The molecule has 0 bridgehead atoms. The van der Waals surface area contributed by atoms with Gasteiger partial charge in [0.25, 0.3) is 5.91 Å². The summed E-state index contributed by atoms with van der Waals surface area (Å²) in [5.74, 6) is 0.724. The van der Waals surface area contributed by atoms with Gasteiger partial charge in [-0.15, -0.1) is 0 Å². The summed E-state index contributed by atoms with van der Waals surface area (Å²) >= 11 is 0. The minimum Gasteiger partial charge on any atom is -0.497 e. The van der Waals surface area contributed by atoms with Crippen molar-refractivity contribution in [2.24, 2.45) is 5.10 Å². The molecule has 2 aromatic carbocycles. The fourth-order valence-corrected chi connectivity index (χ4v) is 2.07. The lowest BCUT2D eigenvalue weighted by molar-refractivity contribution is -0.114. The molecular weight excluding hydrogens is 322 g/mol. The first kappa shape index (κ1) is 18.0. The highest BCUT2D eigenvalue weighted by atomic mass is 16.5. The first-order chi connectivity index (χ1) is 12.0. The molecule has 25 heavy (non-hydrogen) atoms. The summed E-state index contributed by atoms with van der Waals surface area (Å²) in [5.41, 5.74) is 4.15. The topological polar surface area (TPSA) is 89.0 Å². The van der Waals surface area contributed by atoms with Gasteiger partial charge in [-0.3, -0.25) is 9.59 Å². The Morgan fingerprint density at radius 3 is 2.36 bits per heavy atom. The fourth-order valence-electron chi connectivity index (χ4n) is 2.07. The van der Waals surface area contributed by atoms with E-state index in [0.29, 0.717) is 28.3 Å². The molecule has 7 nitrogen and oxygen atoms in total. The van der Waals surface area contributed by atoms with E-state index in [9.17, 15) is 9.59 Å². The van der Waals surface area contributed by atoms with E-state index in [-0.39, 0.29) is 11.8 Å². The summed E-state index contributed by atoms with van der Waals surface area (Å²) in [4.78, 5) is 23.1. The molecule has 0 heterocycles. The Hall–Kier alpha value is -3.35. The van der Waals surface area contributed by atoms with Crippen molar-refractivity contribution in [3.05, 3.63) is 53.6 Å². The predicted molar refractivity (Wildman–Crippen MR) is 95.4 cm³/mol. The number of nitrogens with zero attached hydrogens (tertiary/aromatic N) is 1. The molecule has 2 aromatic rings. The van der Waals surface area contributed by atoms with Gasteiger partial charge >= 0.3 is 0 Å². The average Bonchev–Trinajstić information content (AvgIpc) is 2.61. The largest absolute Gasteiger partial charge is 0.497 e. The van der Waals surface area contributed by atoms with Gasteiger partial charge in [0, 0.05) is 23.7 Å². The Bertz CT molecular complexity index is 785. The van der Waals surface area contributed by atoms with Crippen LogP contribution in [0.3, 0.4) is 0 Å². The smallest absolute Gasteiger partial charge is 0.271 e. The summed E-state index contributed by atoms with van der Waals surface area (Å²) in [6.07, 6.45) is 1.48. The normalized spacial score (nSPS) is 10.4. The van der Waals surface area contributed by atoms with Gasteiger partial charge in [-0.25, -0.2) is 5.43 Å². The van der Waals surface area contributed by atoms with Crippen molar-refractivity contribution in [1.82, 2.24) is 5.43 Å². The number of benzene rings is 2. The minimum atomic E-state index is -0.368. The molecule has 0 aromatic heterocycles. The molecule has 0 aliphatic rings. The van der Waals surface area contributed by atoms with Gasteiger partial charge in [0.2, 0.25) is 5.91 Å². The molecule has 0 atom stereocenters. The van der Waals surface area contributed by atoms with Crippen molar-refractivity contribution in [2.45, 2.75) is 6.92 Å². The summed E-state index contributed by atoms with van der Waals surface area (Å²) in [6.45, 7) is 1.42. The number of hydrazone groups is 1. The number of hydrogen-bond acceptors (Lipinski definition) is 5. The lowest BCUT2D eigenvalue weighted by atomic mass is 10.2. The molecule has 2 rings (SSSR count). The number of nitrogens with one attached hydrogen (secondary N) is 2. The highest BCUT2D eigenvalue weighted by Crippen LogP contribution is 2.22. The fraction of sp³-hybridized carbons (Fsp3) is 0.167. The second-order valence-corrected chi connectivity index (χ2v) is 5.07. The van der Waals surface area contributed by atoms with Crippen molar-refractivity contribution in [1.29, 1.82) is 0 Å². The van der Waals surface area contributed by atoms with Crippen LogP contribution in [0.25, 0.3) is 0 Å². The zero-order valence-electron chi connectivity index (χ0n) is 14.2. The van der Waals surface area contributed by atoms with E-state index in [1.165, 1.54) is 13.1 Å². The van der Waals surface area contributed by atoms with E-state index < -0.39 is 0 Å². The SMILES string of the molecule is COc1ccc(OC)c(/C=N/NC(=O)c2ccc(NC(C)=O)cc2)c1. The van der Waals surface area contributed by atoms with Gasteiger partial charge in [-0.05, 0) is 42.5 Å². The molecule has 0 saturated heterocycles. The molecule has 0 unspecified atom stereocenters. The van der Waals surface area contributed by atoms with Crippen LogP contribution in [0.5, 0.6) is 11.5 Å². The summed E-state index contributed by atoms with van der Waals surface area (Å²) in [6, 6.07) is 11.8. The Kier molecular flexibility index (Phi) is 6.11. The first-order valence-electron chi connectivity index (χ1n) is 7.46. The number of hydrogen-bond donors (Lipinski definition) is 2. The van der Waals surface area contributed by atoms with Gasteiger partial charge in [-0.2, -0.15) is 5.10 Å². The number of ether oxygens (including phenoxy) is 2. The monoisotopic (exact) mass is 341 g/mol. The minimum absolute atomic E-state index is 0.172. The van der Waals surface area contributed by atoms with Crippen LogP contribution < -0.4 is 20.2 Å². The Morgan fingerprint density at radius 1 is 1.04 bits per heavy atom. The van der Waals surface area contributed by atoms with Crippen molar-refractivity contribution in [3.8, 4) is 11.5 Å². The third kappa shape index (κ3) is 5.07. The molecule has 0 aliphatic carbocycles. The zero-order chi connectivity index (χ0) is 18.2. The number of amides is 2. The quantitative estimate of drug-likeness (QED) is 0.624. The van der Waals surface area contributed by atoms with Crippen molar-refractivity contribution < 1.29 is 19.1 Å². The molecule has 2 N–H and O–H groups in total. The third-order valence-corrected chi connectivity index (χ3v) is 3.27. The van der Waals surface area contributed by atoms with Crippen molar-refractivity contribution >= 4 is 23.7 Å². The molecule has 130 valence electrons. The standard InChI is InChI=1S/C18H19N3O4/c1-12(22)20-15-6-4-13(5-7-15)18(23)21-19-11-14-10-16(24-2)8-9-17(14)25-3/h4-11H,1-3H3,(H,20,22)(H,21,23)/b19-11+. The van der Waals surface area contributed by atoms with E-state index in [1.54, 1.807) is 56.7 Å². The highest BCUT2D eigenvalue weighted by molar-refractivity contribution is 5.96. The maximum absolute atomic E-state index is 12.1. The highest BCUT2D eigenvalue weighted by Gasteiger charge is 2.06. The van der Waals surface area contributed by atoms with Crippen LogP contribution in [0, 0.1) is 0 Å². The number of rotatable bonds is 6. The van der Waals surface area contributed by atoms with Gasteiger partial charge in [0.1, 0.15) is 11.5 Å². The number of methoxy groups -OCH3 is 2. The van der Waals surface area contributed by atoms with Gasteiger partial charge < -0.3 is 14.8 Å². The third-order valence-electron chi connectivity index (χ3n) is 3.27. The number of carbonyl (C=O) groups is 2. The van der Waals surface area contributed by atoms with Crippen LogP contribution in [-0.4, -0.2) is 32.2 Å². The molecule has 0 saturated carbocycles. The molecular formula is C18H19N3O4. The maximum atomic E-state index is 12.1. The molecule has 7 heteroatoms. The maximum Gasteiger partial charge on any atom is 0.271 e. The Morgan fingerprint density at radius 2 is 1.76 bits per heavy atom. The van der Waals surface area contributed by atoms with Gasteiger partial charge in [0.15, 0.2) is 0 Å². The second kappa shape index (κ2) is 8.49. The van der Waals surface area contributed by atoms with Crippen LogP contribution in [0.1, 0.15) is 22.8 Å². The van der Waals surface area contributed by atoms with Crippen molar-refractivity contribution in [2.75, 3.05) is 19.5 Å². The van der Waals surface area contributed by atoms with E-state index in [4.69, 9.17) is 9.47 Å². The van der Waals surface area contributed by atoms with E-state index in [0.717, 1.165) is 0 Å². The van der Waals surface area contributed by atoms with E-state index in [1.807, 2.05) is 0 Å². The predicted octanol–water partition coefficient (Wildman–Crippen LogP) is 2.43. The lowest BCUT2D eigenvalue weighted by Crippen LogP contribution is -2.17. The summed E-state index contributed by atoms with van der Waals surface area (Å²) in [5, 5.41) is 6.58. The molecule has 0 fully saturated rings. The first-order valence-corrected chi connectivity index (χ1v) is 7.46. The van der Waals surface area contributed by atoms with Crippen LogP contribution in [-0.2, 0) is 4.79 Å². The summed E-state index contributed by atoms with van der Waals surface area (Å²) in [7, 11) is 3.11. The van der Waals surface area contributed by atoms with Crippen molar-refractivity contribution in [3.63, 3.8) is 0 Å². The zero-order valence-corrected chi connectivity index (χ0v) is 14.2. The van der Waals surface area contributed by atoms with E-state index in [2.05, 4.69) is 15.8 Å². The molecule has 2 amide bonds. The van der Waals surface area contributed by atoms with Crippen LogP contribution in [0.15, 0.2) is 47.6 Å². The second-order valence-electron chi connectivity index (χ2n) is 5.07. The molecule has 0 spiro atoms. The Balaban J connectivity index is 2.04. The summed E-state index contributed by atoms with van der Waals surface area (Å²) < 4.78 is 10.4. The van der Waals surface area contributed by atoms with Gasteiger partial charge in [0.05, 0.1) is 20.4 Å². The van der Waals surface area contributed by atoms with E-state index >= 15 is 0 Å². The number of anilines is 1.